The van der Waals surface area contributed by atoms with Crippen molar-refractivity contribution in [3.05, 3.63) is 23.4 Å². The molecule has 0 radical (unpaired) electrons. The molecule has 13 heavy (non-hydrogen) atoms. The SMILES string of the molecule is COCCCc1cc(C)cnc1N. The van der Waals surface area contributed by atoms with Gasteiger partial charge >= 0.3 is 0 Å². The van der Waals surface area contributed by atoms with Gasteiger partial charge in [0.2, 0.25) is 0 Å². The molecule has 0 unspecified atom stereocenters. The van der Waals surface area contributed by atoms with E-state index in [2.05, 4.69) is 11.1 Å². The van der Waals surface area contributed by atoms with Gasteiger partial charge in [-0.05, 0) is 30.9 Å². The van der Waals surface area contributed by atoms with E-state index < -0.39 is 0 Å². The van der Waals surface area contributed by atoms with E-state index >= 15 is 0 Å². The monoisotopic (exact) mass is 180 g/mol. The summed E-state index contributed by atoms with van der Waals surface area (Å²) < 4.78 is 4.97. The van der Waals surface area contributed by atoms with Gasteiger partial charge in [-0.3, -0.25) is 0 Å². The predicted octanol–water partition coefficient (Wildman–Crippen LogP) is 1.55. The minimum absolute atomic E-state index is 0.640. The number of rotatable bonds is 4. The first-order valence-corrected chi connectivity index (χ1v) is 4.44. The Hall–Kier alpha value is -1.09. The fourth-order valence-electron chi connectivity index (χ4n) is 1.25. The van der Waals surface area contributed by atoms with E-state index in [4.69, 9.17) is 10.5 Å². The second-order valence-electron chi connectivity index (χ2n) is 3.15. The van der Waals surface area contributed by atoms with Crippen LogP contribution in [0.5, 0.6) is 0 Å². The van der Waals surface area contributed by atoms with Crippen LogP contribution in [0.15, 0.2) is 12.3 Å². The first-order chi connectivity index (χ1) is 6.24. The van der Waals surface area contributed by atoms with Crippen LogP contribution in [-0.2, 0) is 11.2 Å². The lowest BCUT2D eigenvalue weighted by atomic mass is 10.1. The number of hydrogen-bond acceptors (Lipinski definition) is 3. The van der Waals surface area contributed by atoms with E-state index in [0.29, 0.717) is 5.82 Å². The maximum absolute atomic E-state index is 5.72. The number of anilines is 1. The summed E-state index contributed by atoms with van der Waals surface area (Å²) in [6.45, 7) is 2.79. The van der Waals surface area contributed by atoms with Gasteiger partial charge in [0.25, 0.3) is 0 Å². The van der Waals surface area contributed by atoms with Crippen LogP contribution >= 0.6 is 0 Å². The molecule has 0 atom stereocenters. The van der Waals surface area contributed by atoms with E-state index in [-0.39, 0.29) is 0 Å². The molecule has 0 spiro atoms. The molecule has 1 rings (SSSR count). The Balaban J connectivity index is 2.59. The summed E-state index contributed by atoms with van der Waals surface area (Å²) in [5.74, 6) is 0.640. The van der Waals surface area contributed by atoms with Crippen molar-refractivity contribution in [2.75, 3.05) is 19.5 Å². The molecule has 0 saturated heterocycles. The third-order valence-corrected chi connectivity index (χ3v) is 1.93. The van der Waals surface area contributed by atoms with Crippen LogP contribution in [0.3, 0.4) is 0 Å². The van der Waals surface area contributed by atoms with Crippen molar-refractivity contribution >= 4 is 5.82 Å². The number of ether oxygens (including phenoxy) is 1. The second kappa shape index (κ2) is 4.82. The molecule has 0 aliphatic rings. The van der Waals surface area contributed by atoms with Gasteiger partial charge in [0.15, 0.2) is 0 Å². The molecule has 1 aromatic heterocycles. The molecule has 0 aliphatic carbocycles. The smallest absolute Gasteiger partial charge is 0.126 e. The average Bonchev–Trinajstić information content (AvgIpc) is 2.11. The quantitative estimate of drug-likeness (QED) is 0.715. The van der Waals surface area contributed by atoms with Gasteiger partial charge in [0, 0.05) is 19.9 Å². The largest absolute Gasteiger partial charge is 0.385 e. The molecule has 0 fully saturated rings. The summed E-state index contributed by atoms with van der Waals surface area (Å²) in [5.41, 5.74) is 8.00. The number of pyridine rings is 1. The van der Waals surface area contributed by atoms with Gasteiger partial charge in [-0.25, -0.2) is 4.98 Å². The summed E-state index contributed by atoms with van der Waals surface area (Å²) in [6.07, 6.45) is 3.72. The molecule has 3 heteroatoms. The molecular formula is C10H16N2O. The average molecular weight is 180 g/mol. The predicted molar refractivity (Wildman–Crippen MR) is 53.6 cm³/mol. The highest BCUT2D eigenvalue weighted by molar-refractivity contribution is 5.40. The molecule has 0 aromatic carbocycles. The molecule has 0 aliphatic heterocycles. The van der Waals surface area contributed by atoms with Crippen LogP contribution in [0, 0.1) is 6.92 Å². The van der Waals surface area contributed by atoms with Crippen molar-refractivity contribution in [3.63, 3.8) is 0 Å². The van der Waals surface area contributed by atoms with Crippen molar-refractivity contribution < 1.29 is 4.74 Å². The number of aromatic nitrogens is 1. The standard InChI is InChI=1S/C10H16N2O/c1-8-6-9(4-3-5-13-2)10(11)12-7-8/h6-7H,3-5H2,1-2H3,(H2,11,12). The van der Waals surface area contributed by atoms with E-state index in [1.807, 2.05) is 6.92 Å². The lowest BCUT2D eigenvalue weighted by Gasteiger charge is -2.04. The zero-order valence-corrected chi connectivity index (χ0v) is 8.21. The highest BCUT2D eigenvalue weighted by Gasteiger charge is 2.00. The van der Waals surface area contributed by atoms with Gasteiger partial charge in [-0.2, -0.15) is 0 Å². The summed E-state index contributed by atoms with van der Waals surface area (Å²) in [5, 5.41) is 0. The zero-order chi connectivity index (χ0) is 9.68. The molecule has 1 aromatic rings. The van der Waals surface area contributed by atoms with E-state index in [0.717, 1.165) is 30.6 Å². The van der Waals surface area contributed by atoms with Gasteiger partial charge < -0.3 is 10.5 Å². The molecule has 72 valence electrons. The van der Waals surface area contributed by atoms with Crippen molar-refractivity contribution in [1.29, 1.82) is 0 Å². The maximum atomic E-state index is 5.72. The molecule has 0 saturated carbocycles. The highest BCUT2D eigenvalue weighted by Crippen LogP contribution is 2.12. The number of aryl methyl sites for hydroxylation is 2. The first kappa shape index (κ1) is 9.99. The van der Waals surface area contributed by atoms with E-state index in [9.17, 15) is 0 Å². The van der Waals surface area contributed by atoms with Crippen LogP contribution < -0.4 is 5.73 Å². The topological polar surface area (TPSA) is 48.1 Å². The summed E-state index contributed by atoms with van der Waals surface area (Å²) >= 11 is 0. The Kier molecular flexibility index (Phi) is 3.71. The van der Waals surface area contributed by atoms with E-state index in [1.165, 1.54) is 0 Å². The van der Waals surface area contributed by atoms with Crippen LogP contribution in [0.25, 0.3) is 0 Å². The van der Waals surface area contributed by atoms with Crippen LogP contribution in [0.1, 0.15) is 17.5 Å². The van der Waals surface area contributed by atoms with Gasteiger partial charge in [-0.15, -0.1) is 0 Å². The minimum Gasteiger partial charge on any atom is -0.385 e. The summed E-state index contributed by atoms with van der Waals surface area (Å²) in [4.78, 5) is 4.09. The second-order valence-corrected chi connectivity index (χ2v) is 3.15. The number of nitrogen functional groups attached to an aromatic ring is 1. The summed E-state index contributed by atoms with van der Waals surface area (Å²) in [7, 11) is 1.71. The molecular weight excluding hydrogens is 164 g/mol. The number of methoxy groups -OCH3 is 1. The minimum atomic E-state index is 0.640. The fraction of sp³-hybridized carbons (Fsp3) is 0.500. The van der Waals surface area contributed by atoms with Crippen LogP contribution in [-0.4, -0.2) is 18.7 Å². The van der Waals surface area contributed by atoms with Crippen molar-refractivity contribution in [2.45, 2.75) is 19.8 Å². The molecule has 0 amide bonds. The van der Waals surface area contributed by atoms with E-state index in [1.54, 1.807) is 13.3 Å². The lowest BCUT2D eigenvalue weighted by Crippen LogP contribution is -2.00. The Morgan fingerprint density at radius 2 is 2.31 bits per heavy atom. The Labute approximate surface area is 78.9 Å². The number of nitrogens with zero attached hydrogens (tertiary/aromatic N) is 1. The zero-order valence-electron chi connectivity index (χ0n) is 8.21. The highest BCUT2D eigenvalue weighted by atomic mass is 16.5. The molecule has 2 N–H and O–H groups in total. The Bertz CT molecular complexity index is 274. The fourth-order valence-corrected chi connectivity index (χ4v) is 1.25. The maximum Gasteiger partial charge on any atom is 0.126 e. The molecule has 1 heterocycles. The van der Waals surface area contributed by atoms with Gasteiger partial charge in [-0.1, -0.05) is 6.07 Å². The molecule has 0 bridgehead atoms. The Morgan fingerprint density at radius 1 is 1.54 bits per heavy atom. The van der Waals surface area contributed by atoms with Crippen molar-refractivity contribution in [2.24, 2.45) is 0 Å². The summed E-state index contributed by atoms with van der Waals surface area (Å²) in [6, 6.07) is 2.08. The number of hydrogen-bond donors (Lipinski definition) is 1. The normalized spacial score (nSPS) is 10.3. The van der Waals surface area contributed by atoms with Crippen molar-refractivity contribution in [3.8, 4) is 0 Å². The van der Waals surface area contributed by atoms with Crippen molar-refractivity contribution in [1.82, 2.24) is 4.98 Å². The Morgan fingerprint density at radius 3 is 3.00 bits per heavy atom. The molecule has 3 nitrogen and oxygen atoms in total. The van der Waals surface area contributed by atoms with Crippen LogP contribution in [0.2, 0.25) is 0 Å². The van der Waals surface area contributed by atoms with Crippen LogP contribution in [0.4, 0.5) is 5.82 Å². The number of nitrogens with two attached hydrogens (primary N) is 1. The lowest BCUT2D eigenvalue weighted by molar-refractivity contribution is 0.195. The van der Waals surface area contributed by atoms with Gasteiger partial charge in [0.1, 0.15) is 5.82 Å². The third kappa shape index (κ3) is 3.03. The van der Waals surface area contributed by atoms with Gasteiger partial charge in [0.05, 0.1) is 0 Å². The third-order valence-electron chi connectivity index (χ3n) is 1.93. The first-order valence-electron chi connectivity index (χ1n) is 4.44.